The molecular formula is C13H26N2O3. The van der Waals surface area contributed by atoms with E-state index in [-0.39, 0.29) is 18.7 Å². The van der Waals surface area contributed by atoms with Crippen LogP contribution >= 0.6 is 0 Å². The molecular weight excluding hydrogens is 232 g/mol. The highest BCUT2D eigenvalue weighted by atomic mass is 16.5. The topological polar surface area (TPSA) is 61.8 Å². The summed E-state index contributed by atoms with van der Waals surface area (Å²) < 4.78 is 5.79. The first kappa shape index (κ1) is 15.2. The van der Waals surface area contributed by atoms with Gasteiger partial charge in [0, 0.05) is 32.7 Å². The molecule has 0 aromatic rings. The monoisotopic (exact) mass is 258 g/mol. The van der Waals surface area contributed by atoms with Crippen LogP contribution < -0.4 is 5.32 Å². The first-order valence-electron chi connectivity index (χ1n) is 6.77. The molecule has 0 spiro atoms. The van der Waals surface area contributed by atoms with Crippen molar-refractivity contribution in [3.8, 4) is 0 Å². The van der Waals surface area contributed by atoms with Gasteiger partial charge in [0.1, 0.15) is 0 Å². The molecule has 2 amide bonds. The van der Waals surface area contributed by atoms with E-state index in [0.717, 1.165) is 19.4 Å². The fourth-order valence-corrected chi connectivity index (χ4v) is 2.43. The second-order valence-electron chi connectivity index (χ2n) is 5.31. The van der Waals surface area contributed by atoms with Crippen LogP contribution in [-0.2, 0) is 4.74 Å². The van der Waals surface area contributed by atoms with Crippen molar-refractivity contribution >= 4 is 6.03 Å². The smallest absolute Gasteiger partial charge is 0.317 e. The van der Waals surface area contributed by atoms with Crippen LogP contribution in [0.3, 0.4) is 0 Å². The summed E-state index contributed by atoms with van der Waals surface area (Å²) in [4.78, 5) is 13.2. The number of ether oxygens (including phenoxy) is 1. The molecule has 2 atom stereocenters. The molecule has 0 aliphatic carbocycles. The van der Waals surface area contributed by atoms with Gasteiger partial charge < -0.3 is 20.1 Å². The summed E-state index contributed by atoms with van der Waals surface area (Å²) >= 11 is 0. The number of hydrogen-bond donors (Lipinski definition) is 2. The lowest BCUT2D eigenvalue weighted by Gasteiger charge is -2.34. The Kier molecular flexibility index (Phi) is 6.43. The lowest BCUT2D eigenvalue weighted by atomic mass is 9.87. The van der Waals surface area contributed by atoms with E-state index >= 15 is 0 Å². The van der Waals surface area contributed by atoms with Gasteiger partial charge in [0.2, 0.25) is 0 Å². The second-order valence-corrected chi connectivity index (χ2v) is 5.31. The minimum Gasteiger partial charge on any atom is -0.395 e. The standard InChI is InChI=1S/C13H26N2O3/c1-10(2)12-11(5-4-8-18-12)9-14-13(17)15(3)6-7-16/h10-12,16H,4-9H2,1-3H3,(H,14,17). The summed E-state index contributed by atoms with van der Waals surface area (Å²) in [5, 5.41) is 11.7. The average Bonchev–Trinajstić information content (AvgIpc) is 2.36. The summed E-state index contributed by atoms with van der Waals surface area (Å²) in [5.41, 5.74) is 0. The highest BCUT2D eigenvalue weighted by molar-refractivity contribution is 5.73. The predicted octanol–water partition coefficient (Wildman–Crippen LogP) is 1.07. The molecule has 1 fully saturated rings. The lowest BCUT2D eigenvalue weighted by Crippen LogP contribution is -2.45. The van der Waals surface area contributed by atoms with Gasteiger partial charge in [-0.15, -0.1) is 0 Å². The summed E-state index contributed by atoms with van der Waals surface area (Å²) in [6.07, 6.45) is 2.41. The van der Waals surface area contributed by atoms with E-state index in [1.807, 2.05) is 0 Å². The minimum absolute atomic E-state index is 0.00885. The molecule has 5 nitrogen and oxygen atoms in total. The highest BCUT2D eigenvalue weighted by Crippen LogP contribution is 2.25. The van der Waals surface area contributed by atoms with Crippen molar-refractivity contribution in [1.82, 2.24) is 10.2 Å². The van der Waals surface area contributed by atoms with Crippen LogP contribution in [0.5, 0.6) is 0 Å². The highest BCUT2D eigenvalue weighted by Gasteiger charge is 2.28. The van der Waals surface area contributed by atoms with Crippen molar-refractivity contribution in [1.29, 1.82) is 0 Å². The quantitative estimate of drug-likeness (QED) is 0.775. The first-order chi connectivity index (χ1) is 8.56. The molecule has 0 aromatic carbocycles. The van der Waals surface area contributed by atoms with Gasteiger partial charge in [0.05, 0.1) is 12.7 Å². The summed E-state index contributed by atoms with van der Waals surface area (Å²) in [6.45, 7) is 6.15. The first-order valence-corrected chi connectivity index (χ1v) is 6.77. The number of carbonyl (C=O) groups excluding carboxylic acids is 1. The fraction of sp³-hybridized carbons (Fsp3) is 0.923. The van der Waals surface area contributed by atoms with Crippen LogP contribution in [0.15, 0.2) is 0 Å². The maximum Gasteiger partial charge on any atom is 0.317 e. The van der Waals surface area contributed by atoms with Crippen LogP contribution in [0.2, 0.25) is 0 Å². The Morgan fingerprint density at radius 2 is 2.28 bits per heavy atom. The van der Waals surface area contributed by atoms with Crippen molar-refractivity contribution in [3.63, 3.8) is 0 Å². The third-order valence-corrected chi connectivity index (χ3v) is 3.45. The maximum atomic E-state index is 11.7. The number of aliphatic hydroxyl groups excluding tert-OH is 1. The van der Waals surface area contributed by atoms with Crippen LogP contribution in [0.25, 0.3) is 0 Å². The van der Waals surface area contributed by atoms with Crippen molar-refractivity contribution in [3.05, 3.63) is 0 Å². The third-order valence-electron chi connectivity index (χ3n) is 3.45. The molecule has 1 rings (SSSR count). The minimum atomic E-state index is -0.128. The van der Waals surface area contributed by atoms with Crippen molar-refractivity contribution in [2.45, 2.75) is 32.8 Å². The molecule has 1 saturated heterocycles. The third kappa shape index (κ3) is 4.46. The van der Waals surface area contributed by atoms with Gasteiger partial charge in [0.15, 0.2) is 0 Å². The van der Waals surface area contributed by atoms with Crippen LogP contribution in [0.1, 0.15) is 26.7 Å². The van der Waals surface area contributed by atoms with Gasteiger partial charge in [-0.25, -0.2) is 4.79 Å². The molecule has 0 radical (unpaired) electrons. The number of carbonyl (C=O) groups is 1. The van der Waals surface area contributed by atoms with Crippen molar-refractivity contribution in [2.24, 2.45) is 11.8 Å². The molecule has 2 N–H and O–H groups in total. The number of rotatable bonds is 5. The normalized spacial score (nSPS) is 24.1. The number of nitrogens with one attached hydrogen (secondary N) is 1. The number of hydrogen-bond acceptors (Lipinski definition) is 3. The van der Waals surface area contributed by atoms with Crippen LogP contribution in [-0.4, -0.2) is 55.5 Å². The molecule has 1 aliphatic rings. The number of urea groups is 1. The second kappa shape index (κ2) is 7.59. The maximum absolute atomic E-state index is 11.7. The van der Waals surface area contributed by atoms with E-state index < -0.39 is 0 Å². The van der Waals surface area contributed by atoms with E-state index in [9.17, 15) is 4.79 Å². The largest absolute Gasteiger partial charge is 0.395 e. The molecule has 0 saturated carbocycles. The van der Waals surface area contributed by atoms with E-state index in [1.54, 1.807) is 7.05 Å². The number of nitrogens with zero attached hydrogens (tertiary/aromatic N) is 1. The molecule has 5 heteroatoms. The fourth-order valence-electron chi connectivity index (χ4n) is 2.43. The van der Waals surface area contributed by atoms with Crippen LogP contribution in [0, 0.1) is 11.8 Å². The van der Waals surface area contributed by atoms with E-state index in [2.05, 4.69) is 19.2 Å². The Labute approximate surface area is 109 Å². The molecule has 1 aliphatic heterocycles. The van der Waals surface area contributed by atoms with E-state index in [1.165, 1.54) is 4.90 Å². The van der Waals surface area contributed by atoms with Crippen molar-refractivity contribution in [2.75, 3.05) is 33.4 Å². The number of likely N-dealkylation sites (N-methyl/N-ethyl adjacent to an activating group) is 1. The number of amides is 2. The SMILES string of the molecule is CC(C)C1OCCCC1CNC(=O)N(C)CCO. The van der Waals surface area contributed by atoms with Gasteiger partial charge >= 0.3 is 6.03 Å². The molecule has 2 unspecified atom stereocenters. The Hall–Kier alpha value is -0.810. The average molecular weight is 258 g/mol. The molecule has 106 valence electrons. The Balaban J connectivity index is 2.38. The lowest BCUT2D eigenvalue weighted by molar-refractivity contribution is -0.0509. The van der Waals surface area contributed by atoms with E-state index in [0.29, 0.717) is 24.9 Å². The zero-order valence-corrected chi connectivity index (χ0v) is 11.7. The Bertz CT molecular complexity index is 259. The summed E-state index contributed by atoms with van der Waals surface area (Å²) in [6, 6.07) is -0.128. The zero-order chi connectivity index (χ0) is 13.5. The van der Waals surface area contributed by atoms with Gasteiger partial charge in [-0.1, -0.05) is 13.8 Å². The van der Waals surface area contributed by atoms with Gasteiger partial charge in [-0.2, -0.15) is 0 Å². The zero-order valence-electron chi connectivity index (χ0n) is 11.7. The molecule has 0 bridgehead atoms. The van der Waals surface area contributed by atoms with Crippen molar-refractivity contribution < 1.29 is 14.6 Å². The van der Waals surface area contributed by atoms with Gasteiger partial charge in [0.25, 0.3) is 0 Å². The van der Waals surface area contributed by atoms with Gasteiger partial charge in [-0.05, 0) is 18.8 Å². The molecule has 1 heterocycles. The Morgan fingerprint density at radius 1 is 1.56 bits per heavy atom. The van der Waals surface area contributed by atoms with Crippen LogP contribution in [0.4, 0.5) is 4.79 Å². The molecule has 0 aromatic heterocycles. The molecule has 18 heavy (non-hydrogen) atoms. The summed E-state index contributed by atoms with van der Waals surface area (Å²) in [5.74, 6) is 0.868. The predicted molar refractivity (Wildman–Crippen MR) is 70.4 cm³/mol. The number of aliphatic hydroxyl groups is 1. The van der Waals surface area contributed by atoms with E-state index in [4.69, 9.17) is 9.84 Å². The van der Waals surface area contributed by atoms with Gasteiger partial charge in [-0.3, -0.25) is 0 Å². The summed E-state index contributed by atoms with van der Waals surface area (Å²) in [7, 11) is 1.68. The Morgan fingerprint density at radius 3 is 2.89 bits per heavy atom.